The maximum absolute atomic E-state index is 5.27. The Kier molecular flexibility index (Phi) is 3.38. The van der Waals surface area contributed by atoms with E-state index in [0.717, 1.165) is 12.5 Å². The molecular weight excluding hydrogens is 174 g/mol. The van der Waals surface area contributed by atoms with Gasteiger partial charge in [0.05, 0.1) is 6.61 Å². The Morgan fingerprint density at radius 1 is 1.50 bits per heavy atom. The van der Waals surface area contributed by atoms with Gasteiger partial charge >= 0.3 is 0 Å². The molecule has 0 aromatic carbocycles. The molecule has 0 aromatic rings. The first-order chi connectivity index (χ1) is 5.37. The highest BCUT2D eigenvalue weighted by Gasteiger charge is 2.46. The summed E-state index contributed by atoms with van der Waals surface area (Å²) in [5.74, 6) is 0.921. The molecule has 0 bridgehead atoms. The van der Waals surface area contributed by atoms with Gasteiger partial charge in [0.15, 0.2) is 0 Å². The van der Waals surface area contributed by atoms with E-state index in [4.69, 9.17) is 4.74 Å². The van der Waals surface area contributed by atoms with Crippen molar-refractivity contribution in [2.75, 3.05) is 20.3 Å². The second-order valence-corrected chi connectivity index (χ2v) is 3.89. The lowest BCUT2D eigenvalue weighted by Crippen LogP contribution is -2.46. The van der Waals surface area contributed by atoms with Crippen LogP contribution in [0.3, 0.4) is 0 Å². The minimum atomic E-state index is 0. The predicted molar refractivity (Wildman–Crippen MR) is 51.8 cm³/mol. The van der Waals surface area contributed by atoms with Gasteiger partial charge in [0, 0.05) is 12.6 Å². The lowest BCUT2D eigenvalue weighted by atomic mass is 9.92. The second kappa shape index (κ2) is 3.95. The standard InChI is InChI=1S/C9H17NO.ClH/c1-11-7-9(8-3-4-8)5-2-6-10-9;/h8,10H,2-7H2,1H3;1H. The summed E-state index contributed by atoms with van der Waals surface area (Å²) in [6.45, 7) is 2.11. The molecule has 1 atom stereocenters. The van der Waals surface area contributed by atoms with Gasteiger partial charge < -0.3 is 10.1 Å². The van der Waals surface area contributed by atoms with Crippen LogP contribution >= 0.6 is 12.4 Å². The Balaban J connectivity index is 0.000000720. The van der Waals surface area contributed by atoms with E-state index >= 15 is 0 Å². The van der Waals surface area contributed by atoms with Gasteiger partial charge in [0.2, 0.25) is 0 Å². The van der Waals surface area contributed by atoms with E-state index in [9.17, 15) is 0 Å². The van der Waals surface area contributed by atoms with E-state index in [1.165, 1.54) is 32.2 Å². The van der Waals surface area contributed by atoms with Crippen molar-refractivity contribution >= 4 is 12.4 Å². The van der Waals surface area contributed by atoms with Crippen LogP contribution in [0.1, 0.15) is 25.7 Å². The summed E-state index contributed by atoms with van der Waals surface area (Å²) in [5, 5.41) is 3.61. The van der Waals surface area contributed by atoms with Crippen molar-refractivity contribution in [3.8, 4) is 0 Å². The zero-order valence-electron chi connectivity index (χ0n) is 7.64. The summed E-state index contributed by atoms with van der Waals surface area (Å²) >= 11 is 0. The Bertz CT molecular complexity index is 141. The minimum Gasteiger partial charge on any atom is -0.383 e. The van der Waals surface area contributed by atoms with Crippen LogP contribution in [0.4, 0.5) is 0 Å². The Morgan fingerprint density at radius 3 is 2.67 bits per heavy atom. The van der Waals surface area contributed by atoms with Crippen molar-refractivity contribution in [1.29, 1.82) is 0 Å². The minimum absolute atomic E-state index is 0. The maximum atomic E-state index is 5.27. The van der Waals surface area contributed by atoms with Crippen LogP contribution in [0.2, 0.25) is 0 Å². The number of ether oxygens (including phenoxy) is 1. The van der Waals surface area contributed by atoms with Gasteiger partial charge in [-0.2, -0.15) is 0 Å². The molecule has 1 aliphatic carbocycles. The van der Waals surface area contributed by atoms with Crippen LogP contribution < -0.4 is 5.32 Å². The first kappa shape index (κ1) is 10.3. The summed E-state index contributed by atoms with van der Waals surface area (Å²) in [6, 6.07) is 0. The lowest BCUT2D eigenvalue weighted by Gasteiger charge is -2.28. The summed E-state index contributed by atoms with van der Waals surface area (Å²) in [5.41, 5.74) is 0.384. The Labute approximate surface area is 80.5 Å². The topological polar surface area (TPSA) is 21.3 Å². The van der Waals surface area contributed by atoms with E-state index in [0.29, 0.717) is 5.54 Å². The van der Waals surface area contributed by atoms with Gasteiger partial charge in [-0.15, -0.1) is 12.4 Å². The molecular formula is C9H18ClNO. The molecule has 2 rings (SSSR count). The van der Waals surface area contributed by atoms with Crippen molar-refractivity contribution in [3.05, 3.63) is 0 Å². The molecule has 1 saturated carbocycles. The SMILES string of the molecule is COCC1(C2CC2)CCCN1.Cl. The predicted octanol–water partition coefficient (Wildman–Crippen LogP) is 1.59. The molecule has 3 heteroatoms. The third kappa shape index (κ3) is 1.76. The van der Waals surface area contributed by atoms with Crippen LogP contribution in [0.25, 0.3) is 0 Å². The zero-order chi connectivity index (χ0) is 7.73. The van der Waals surface area contributed by atoms with E-state index in [2.05, 4.69) is 5.32 Å². The molecule has 1 heterocycles. The summed E-state index contributed by atoms with van der Waals surface area (Å²) in [6.07, 6.45) is 5.48. The highest BCUT2D eigenvalue weighted by Crippen LogP contribution is 2.44. The normalized spacial score (nSPS) is 34.8. The van der Waals surface area contributed by atoms with Gasteiger partial charge in [-0.1, -0.05) is 0 Å². The van der Waals surface area contributed by atoms with Gasteiger partial charge in [-0.05, 0) is 38.1 Å². The van der Waals surface area contributed by atoms with E-state index in [-0.39, 0.29) is 12.4 Å². The van der Waals surface area contributed by atoms with Gasteiger partial charge in [-0.3, -0.25) is 0 Å². The zero-order valence-corrected chi connectivity index (χ0v) is 8.45. The fourth-order valence-corrected chi connectivity index (χ4v) is 2.31. The lowest BCUT2D eigenvalue weighted by molar-refractivity contribution is 0.107. The number of rotatable bonds is 3. The Hall–Kier alpha value is 0.210. The van der Waals surface area contributed by atoms with Gasteiger partial charge in [0.1, 0.15) is 0 Å². The second-order valence-electron chi connectivity index (χ2n) is 3.89. The van der Waals surface area contributed by atoms with Crippen molar-refractivity contribution in [2.24, 2.45) is 5.92 Å². The molecule has 2 nitrogen and oxygen atoms in total. The molecule has 72 valence electrons. The van der Waals surface area contributed by atoms with Crippen molar-refractivity contribution in [3.63, 3.8) is 0 Å². The smallest absolute Gasteiger partial charge is 0.0647 e. The largest absolute Gasteiger partial charge is 0.383 e. The highest BCUT2D eigenvalue weighted by atomic mass is 35.5. The number of hydrogen-bond donors (Lipinski definition) is 1. The van der Waals surface area contributed by atoms with Crippen LogP contribution in [0.15, 0.2) is 0 Å². The molecule has 0 radical (unpaired) electrons. The van der Waals surface area contributed by atoms with E-state index < -0.39 is 0 Å². The average Bonchev–Trinajstić information content (AvgIpc) is 2.76. The summed E-state index contributed by atoms with van der Waals surface area (Å²) < 4.78 is 5.27. The fraction of sp³-hybridized carbons (Fsp3) is 1.00. The molecule has 0 spiro atoms. The quantitative estimate of drug-likeness (QED) is 0.732. The molecule has 1 saturated heterocycles. The number of nitrogens with one attached hydrogen (secondary N) is 1. The van der Waals surface area contributed by atoms with Gasteiger partial charge in [-0.25, -0.2) is 0 Å². The third-order valence-electron chi connectivity index (χ3n) is 3.04. The number of halogens is 1. The molecule has 2 aliphatic rings. The van der Waals surface area contributed by atoms with Crippen LogP contribution in [-0.2, 0) is 4.74 Å². The molecule has 12 heavy (non-hydrogen) atoms. The van der Waals surface area contributed by atoms with Crippen molar-refractivity contribution in [2.45, 2.75) is 31.2 Å². The monoisotopic (exact) mass is 191 g/mol. The third-order valence-corrected chi connectivity index (χ3v) is 3.04. The fourth-order valence-electron chi connectivity index (χ4n) is 2.31. The summed E-state index contributed by atoms with van der Waals surface area (Å²) in [7, 11) is 1.81. The number of methoxy groups -OCH3 is 1. The van der Waals surface area contributed by atoms with Gasteiger partial charge in [0.25, 0.3) is 0 Å². The molecule has 1 unspecified atom stereocenters. The van der Waals surface area contributed by atoms with Crippen LogP contribution in [0.5, 0.6) is 0 Å². The molecule has 2 fully saturated rings. The number of hydrogen-bond acceptors (Lipinski definition) is 2. The molecule has 1 N–H and O–H groups in total. The molecule has 0 aromatic heterocycles. The first-order valence-electron chi connectivity index (χ1n) is 4.61. The first-order valence-corrected chi connectivity index (χ1v) is 4.61. The van der Waals surface area contributed by atoms with E-state index in [1.807, 2.05) is 7.11 Å². The van der Waals surface area contributed by atoms with E-state index in [1.54, 1.807) is 0 Å². The van der Waals surface area contributed by atoms with Crippen LogP contribution in [-0.4, -0.2) is 25.8 Å². The average molecular weight is 192 g/mol. The maximum Gasteiger partial charge on any atom is 0.0647 e. The Morgan fingerprint density at radius 2 is 2.25 bits per heavy atom. The molecule has 1 aliphatic heterocycles. The molecule has 0 amide bonds. The van der Waals surface area contributed by atoms with Crippen LogP contribution in [0, 0.1) is 5.92 Å². The highest BCUT2D eigenvalue weighted by molar-refractivity contribution is 5.85. The summed E-state index contributed by atoms with van der Waals surface area (Å²) in [4.78, 5) is 0. The van der Waals surface area contributed by atoms with Crippen molar-refractivity contribution < 1.29 is 4.74 Å². The van der Waals surface area contributed by atoms with Crippen molar-refractivity contribution in [1.82, 2.24) is 5.32 Å².